The van der Waals surface area contributed by atoms with Crippen molar-refractivity contribution in [3.05, 3.63) is 126 Å². The Morgan fingerprint density at radius 3 is 2.27 bits per heavy atom. The van der Waals surface area contributed by atoms with Crippen LogP contribution < -0.4 is 5.32 Å². The number of alkyl halides is 3. The molecule has 4 aromatic rings. The van der Waals surface area contributed by atoms with Crippen molar-refractivity contribution < 1.29 is 27.5 Å². The first kappa shape index (κ1) is 34.8. The summed E-state index contributed by atoms with van der Waals surface area (Å²) < 4.78 is 44.8. The van der Waals surface area contributed by atoms with Gasteiger partial charge in [0.15, 0.2) is 0 Å². The minimum atomic E-state index is -4.42. The van der Waals surface area contributed by atoms with E-state index in [-0.39, 0.29) is 29.9 Å². The van der Waals surface area contributed by atoms with Gasteiger partial charge in [0.1, 0.15) is 6.61 Å². The Kier molecular flexibility index (Phi) is 11.7. The fraction of sp³-hybridized carbons (Fsp3) is 0.359. The molecular weight excluding hydrogens is 615 g/mol. The highest BCUT2D eigenvalue weighted by Crippen LogP contribution is 2.37. The average molecular weight is 658 g/mol. The Morgan fingerprint density at radius 1 is 0.896 bits per heavy atom. The number of amides is 1. The largest absolute Gasteiger partial charge is 0.461 e. The number of hydrogen-bond donors (Lipinski definition) is 1. The lowest BCUT2D eigenvalue weighted by molar-refractivity contribution is -0.146. The van der Waals surface area contributed by atoms with Crippen LogP contribution in [0, 0.1) is 0 Å². The van der Waals surface area contributed by atoms with E-state index in [1.807, 2.05) is 30.3 Å². The fourth-order valence-corrected chi connectivity index (χ4v) is 6.58. The van der Waals surface area contributed by atoms with Gasteiger partial charge in [0.05, 0.1) is 12.0 Å². The molecule has 6 nitrogen and oxygen atoms in total. The number of hydrogen-bond acceptors (Lipinski definition) is 5. The van der Waals surface area contributed by atoms with Crippen molar-refractivity contribution in [2.45, 2.75) is 69.7 Å². The van der Waals surface area contributed by atoms with Crippen LogP contribution in [0.3, 0.4) is 0 Å². The summed E-state index contributed by atoms with van der Waals surface area (Å²) in [6.45, 7) is 4.89. The number of benzene rings is 3. The fourth-order valence-electron chi connectivity index (χ4n) is 6.58. The molecule has 2 heterocycles. The monoisotopic (exact) mass is 657 g/mol. The predicted octanol–water partition coefficient (Wildman–Crippen LogP) is 8.22. The number of pyridine rings is 1. The van der Waals surface area contributed by atoms with E-state index in [1.165, 1.54) is 12.1 Å². The summed E-state index contributed by atoms with van der Waals surface area (Å²) in [5.41, 5.74) is 2.54. The zero-order chi connectivity index (χ0) is 34.0. The number of carbonyl (C=O) groups is 2. The molecule has 252 valence electrons. The summed E-state index contributed by atoms with van der Waals surface area (Å²) in [4.78, 5) is 32.9. The Hall–Kier alpha value is -4.50. The van der Waals surface area contributed by atoms with Crippen LogP contribution in [0.15, 0.2) is 103 Å². The molecule has 0 bridgehead atoms. The molecule has 1 unspecified atom stereocenters. The van der Waals surface area contributed by atoms with Crippen LogP contribution in [0.25, 0.3) is 11.1 Å². The highest BCUT2D eigenvalue weighted by Gasteiger charge is 2.34. The number of rotatable bonds is 13. The molecule has 0 radical (unpaired) electrons. The van der Waals surface area contributed by atoms with Crippen LogP contribution in [0.1, 0.15) is 72.5 Å². The standard InChI is InChI=1S/C39H42F3N3O3/c1-2-38(31-11-4-3-5-12-31,26-36(46)48-28-29-10-8-22-43-27-29)21-9-23-45-24-19-33(20-25-45)44-37(47)35-14-7-6-13-34(35)30-15-17-32(18-16-30)39(40,41)42/h3-8,10-18,22,27,33H,2,9,19-21,23-26,28H2,1H3,(H,44,47). The SMILES string of the molecule is CCC(CCCN1CCC(NC(=O)c2ccccc2-c2ccc(C(F)(F)F)cc2)CC1)(CC(=O)OCc1cccnc1)c1ccccc1. The van der Waals surface area contributed by atoms with Gasteiger partial charge in [-0.1, -0.05) is 73.7 Å². The molecule has 9 heteroatoms. The molecule has 0 saturated carbocycles. The molecule has 1 fully saturated rings. The van der Waals surface area contributed by atoms with Crippen LogP contribution in [0.4, 0.5) is 13.2 Å². The maximum atomic E-state index is 13.3. The number of ether oxygens (including phenoxy) is 1. The third kappa shape index (κ3) is 9.10. The van der Waals surface area contributed by atoms with Crippen LogP contribution in [0.2, 0.25) is 0 Å². The quantitative estimate of drug-likeness (QED) is 0.147. The van der Waals surface area contributed by atoms with Crippen molar-refractivity contribution in [2.75, 3.05) is 19.6 Å². The topological polar surface area (TPSA) is 71.5 Å². The van der Waals surface area contributed by atoms with E-state index < -0.39 is 11.7 Å². The Labute approximate surface area is 280 Å². The highest BCUT2D eigenvalue weighted by molar-refractivity contribution is 6.01. The van der Waals surface area contributed by atoms with Gasteiger partial charge in [-0.15, -0.1) is 0 Å². The van der Waals surface area contributed by atoms with Gasteiger partial charge in [0, 0.05) is 48.1 Å². The lowest BCUT2D eigenvalue weighted by Crippen LogP contribution is -2.45. The minimum absolute atomic E-state index is 0.00282. The third-order valence-corrected chi connectivity index (χ3v) is 9.42. The highest BCUT2D eigenvalue weighted by atomic mass is 19.4. The first-order valence-electron chi connectivity index (χ1n) is 16.6. The second-order valence-corrected chi connectivity index (χ2v) is 12.5. The first-order chi connectivity index (χ1) is 23.2. The number of halogens is 3. The van der Waals surface area contributed by atoms with Gasteiger partial charge in [-0.25, -0.2) is 0 Å². The second kappa shape index (κ2) is 16.1. The van der Waals surface area contributed by atoms with Crippen molar-refractivity contribution in [1.29, 1.82) is 0 Å². The van der Waals surface area contributed by atoms with E-state index in [4.69, 9.17) is 4.74 Å². The molecule has 1 N–H and O–H groups in total. The average Bonchev–Trinajstić information content (AvgIpc) is 3.11. The smallest absolute Gasteiger partial charge is 0.416 e. The molecular formula is C39H42F3N3O3. The maximum Gasteiger partial charge on any atom is 0.416 e. The summed E-state index contributed by atoms with van der Waals surface area (Å²) in [5, 5.41) is 3.16. The number of carbonyl (C=O) groups excluding carboxylic acids is 2. The Balaban J connectivity index is 1.14. The van der Waals surface area contributed by atoms with Crippen molar-refractivity contribution in [3.8, 4) is 11.1 Å². The predicted molar refractivity (Wildman–Crippen MR) is 180 cm³/mol. The molecule has 1 aromatic heterocycles. The summed E-state index contributed by atoms with van der Waals surface area (Å²) >= 11 is 0. The molecule has 1 aliphatic rings. The normalized spacial score (nSPS) is 15.4. The van der Waals surface area contributed by atoms with Gasteiger partial charge in [-0.3, -0.25) is 14.6 Å². The number of esters is 1. The number of nitrogens with zero attached hydrogens (tertiary/aromatic N) is 2. The van der Waals surface area contributed by atoms with Crippen LogP contribution in [-0.2, 0) is 27.7 Å². The molecule has 48 heavy (non-hydrogen) atoms. The summed E-state index contributed by atoms with van der Waals surface area (Å²) in [7, 11) is 0. The minimum Gasteiger partial charge on any atom is -0.461 e. The van der Waals surface area contributed by atoms with Gasteiger partial charge in [-0.05, 0) is 79.6 Å². The van der Waals surface area contributed by atoms with Crippen molar-refractivity contribution >= 4 is 11.9 Å². The number of nitrogens with one attached hydrogen (secondary N) is 1. The van der Waals surface area contributed by atoms with Gasteiger partial charge in [0.25, 0.3) is 5.91 Å². The van der Waals surface area contributed by atoms with E-state index in [0.717, 1.165) is 75.0 Å². The Morgan fingerprint density at radius 2 is 1.60 bits per heavy atom. The van der Waals surface area contributed by atoms with Crippen LogP contribution in [-0.4, -0.2) is 47.4 Å². The molecule has 1 atom stereocenters. The van der Waals surface area contributed by atoms with E-state index in [9.17, 15) is 22.8 Å². The van der Waals surface area contributed by atoms with Crippen molar-refractivity contribution in [1.82, 2.24) is 15.2 Å². The number of aromatic nitrogens is 1. The summed E-state index contributed by atoms with van der Waals surface area (Å²) in [6, 6.07) is 25.8. The Bertz CT molecular complexity index is 1620. The summed E-state index contributed by atoms with van der Waals surface area (Å²) in [5.74, 6) is -0.448. The van der Waals surface area contributed by atoms with Crippen LogP contribution >= 0.6 is 0 Å². The molecule has 1 amide bonds. The van der Waals surface area contributed by atoms with E-state index in [0.29, 0.717) is 23.1 Å². The number of likely N-dealkylation sites (tertiary alicyclic amines) is 1. The van der Waals surface area contributed by atoms with Gasteiger partial charge >= 0.3 is 12.1 Å². The maximum absolute atomic E-state index is 13.3. The van der Waals surface area contributed by atoms with Crippen molar-refractivity contribution in [3.63, 3.8) is 0 Å². The van der Waals surface area contributed by atoms with Gasteiger partial charge in [0.2, 0.25) is 0 Å². The number of piperidine rings is 1. The van der Waals surface area contributed by atoms with Gasteiger partial charge in [-0.2, -0.15) is 13.2 Å². The molecule has 5 rings (SSSR count). The van der Waals surface area contributed by atoms with Crippen molar-refractivity contribution in [2.24, 2.45) is 0 Å². The zero-order valence-corrected chi connectivity index (χ0v) is 27.2. The molecule has 3 aromatic carbocycles. The molecule has 0 aliphatic carbocycles. The third-order valence-electron chi connectivity index (χ3n) is 9.42. The van der Waals surface area contributed by atoms with E-state index in [1.54, 1.807) is 36.7 Å². The van der Waals surface area contributed by atoms with E-state index in [2.05, 4.69) is 34.3 Å². The lowest BCUT2D eigenvalue weighted by atomic mass is 9.72. The second-order valence-electron chi connectivity index (χ2n) is 12.5. The first-order valence-corrected chi connectivity index (χ1v) is 16.6. The molecule has 1 aliphatic heterocycles. The zero-order valence-electron chi connectivity index (χ0n) is 27.2. The van der Waals surface area contributed by atoms with Crippen LogP contribution in [0.5, 0.6) is 0 Å². The van der Waals surface area contributed by atoms with E-state index >= 15 is 0 Å². The molecule has 1 saturated heterocycles. The summed E-state index contributed by atoms with van der Waals surface area (Å²) in [6.07, 6.45) is 3.43. The molecule has 0 spiro atoms. The lowest BCUT2D eigenvalue weighted by Gasteiger charge is -2.35. The van der Waals surface area contributed by atoms with Gasteiger partial charge < -0.3 is 15.0 Å².